The Labute approximate surface area is 156 Å². The Morgan fingerprint density at radius 1 is 1.21 bits per heavy atom. The van der Waals surface area contributed by atoms with Gasteiger partial charge in [-0.3, -0.25) is 0 Å². The number of halogens is 2. The van der Waals surface area contributed by atoms with E-state index in [0.717, 1.165) is 37.6 Å². The molecule has 24 heavy (non-hydrogen) atoms. The average molecular weight is 370 g/mol. The molecule has 0 radical (unpaired) electrons. The molecule has 7 heteroatoms. The lowest BCUT2D eigenvalue weighted by atomic mass is 10.1. The van der Waals surface area contributed by atoms with E-state index in [9.17, 15) is 0 Å². The van der Waals surface area contributed by atoms with E-state index in [-0.39, 0.29) is 24.8 Å². The molecule has 1 aromatic heterocycles. The zero-order valence-corrected chi connectivity index (χ0v) is 15.4. The number of likely N-dealkylation sites (N-methyl/N-ethyl adjacent to an activating group) is 1. The van der Waals surface area contributed by atoms with Gasteiger partial charge in [0.05, 0.1) is 11.9 Å². The van der Waals surface area contributed by atoms with Crippen LogP contribution in [-0.4, -0.2) is 42.9 Å². The van der Waals surface area contributed by atoms with E-state index in [4.69, 9.17) is 0 Å². The molecule has 2 aromatic rings. The van der Waals surface area contributed by atoms with Gasteiger partial charge in [-0.15, -0.1) is 29.9 Å². The summed E-state index contributed by atoms with van der Waals surface area (Å²) in [6.07, 6.45) is 4.01. The number of anilines is 2. The van der Waals surface area contributed by atoms with Crippen LogP contribution in [0.2, 0.25) is 0 Å². The van der Waals surface area contributed by atoms with Gasteiger partial charge >= 0.3 is 0 Å². The van der Waals surface area contributed by atoms with Crippen LogP contribution in [0.4, 0.5) is 11.5 Å². The van der Waals surface area contributed by atoms with Crippen molar-refractivity contribution in [2.24, 2.45) is 0 Å². The molecular weight excluding hydrogens is 345 g/mol. The molecule has 2 N–H and O–H groups in total. The topological polar surface area (TPSA) is 53.1 Å². The fourth-order valence-corrected chi connectivity index (χ4v) is 2.83. The van der Waals surface area contributed by atoms with E-state index in [2.05, 4.69) is 56.1 Å². The monoisotopic (exact) mass is 369 g/mol. The number of hydrogen-bond donors (Lipinski definition) is 2. The van der Waals surface area contributed by atoms with Gasteiger partial charge in [-0.1, -0.05) is 30.3 Å². The predicted molar refractivity (Wildman–Crippen MR) is 105 cm³/mol. The largest absolute Gasteiger partial charge is 0.369 e. The Kier molecular flexibility index (Phi) is 8.82. The molecule has 2 heterocycles. The molecule has 1 fully saturated rings. The molecule has 0 saturated carbocycles. The van der Waals surface area contributed by atoms with E-state index >= 15 is 0 Å². The SMILES string of the molecule is CNC1CCN(c2cnnc(NCCc3ccccc3)c2)C1.Cl.Cl. The highest BCUT2D eigenvalue weighted by Crippen LogP contribution is 2.21. The van der Waals surface area contributed by atoms with Gasteiger partial charge in [0, 0.05) is 31.7 Å². The Balaban J connectivity index is 0.00000144. The third-order valence-electron chi connectivity index (χ3n) is 4.16. The summed E-state index contributed by atoms with van der Waals surface area (Å²) in [6, 6.07) is 13.1. The summed E-state index contributed by atoms with van der Waals surface area (Å²) in [6.45, 7) is 2.97. The lowest BCUT2D eigenvalue weighted by Crippen LogP contribution is -2.29. The zero-order valence-electron chi connectivity index (χ0n) is 13.8. The second-order valence-corrected chi connectivity index (χ2v) is 5.68. The van der Waals surface area contributed by atoms with Crippen molar-refractivity contribution < 1.29 is 0 Å². The van der Waals surface area contributed by atoms with Crippen molar-refractivity contribution in [1.29, 1.82) is 0 Å². The van der Waals surface area contributed by atoms with Crippen molar-refractivity contribution in [2.75, 3.05) is 36.9 Å². The van der Waals surface area contributed by atoms with Crippen LogP contribution in [0.1, 0.15) is 12.0 Å². The highest BCUT2D eigenvalue weighted by atomic mass is 35.5. The van der Waals surface area contributed by atoms with Crippen LogP contribution in [0, 0.1) is 0 Å². The summed E-state index contributed by atoms with van der Waals surface area (Å²) in [7, 11) is 2.02. The summed E-state index contributed by atoms with van der Waals surface area (Å²) < 4.78 is 0. The fraction of sp³-hybridized carbons (Fsp3) is 0.412. The Morgan fingerprint density at radius 2 is 2.00 bits per heavy atom. The first-order chi connectivity index (χ1) is 10.8. The maximum absolute atomic E-state index is 4.18. The third kappa shape index (κ3) is 5.51. The van der Waals surface area contributed by atoms with Crippen LogP contribution in [0.25, 0.3) is 0 Å². The first-order valence-corrected chi connectivity index (χ1v) is 7.88. The van der Waals surface area contributed by atoms with E-state index in [1.165, 1.54) is 12.0 Å². The number of nitrogens with zero attached hydrogens (tertiary/aromatic N) is 3. The lowest BCUT2D eigenvalue weighted by Gasteiger charge is -2.18. The van der Waals surface area contributed by atoms with Crippen LogP contribution in [-0.2, 0) is 6.42 Å². The van der Waals surface area contributed by atoms with Crippen molar-refractivity contribution in [2.45, 2.75) is 18.9 Å². The standard InChI is InChI=1S/C17H23N5.2ClH/c1-18-15-8-10-22(13-15)16-11-17(21-20-12-16)19-9-7-14-5-3-2-4-6-14;;/h2-6,11-12,15,18H,7-10,13H2,1H3,(H,19,21);2*1H. The number of nitrogens with one attached hydrogen (secondary N) is 2. The van der Waals surface area contributed by atoms with E-state index in [0.29, 0.717) is 6.04 Å². The Hall–Kier alpha value is -1.56. The van der Waals surface area contributed by atoms with Gasteiger partial charge in [0.15, 0.2) is 5.82 Å². The molecule has 1 unspecified atom stereocenters. The van der Waals surface area contributed by atoms with Crippen LogP contribution >= 0.6 is 24.8 Å². The third-order valence-corrected chi connectivity index (χ3v) is 4.16. The van der Waals surface area contributed by atoms with Gasteiger partial charge in [-0.2, -0.15) is 5.10 Å². The molecule has 1 aromatic carbocycles. The minimum Gasteiger partial charge on any atom is -0.369 e. The summed E-state index contributed by atoms with van der Waals surface area (Å²) in [5.41, 5.74) is 2.48. The smallest absolute Gasteiger partial charge is 0.150 e. The summed E-state index contributed by atoms with van der Waals surface area (Å²) in [4.78, 5) is 2.36. The van der Waals surface area contributed by atoms with Gasteiger partial charge < -0.3 is 15.5 Å². The minimum atomic E-state index is 0. The molecule has 132 valence electrons. The molecule has 1 aliphatic rings. The molecule has 3 rings (SSSR count). The molecule has 0 bridgehead atoms. The van der Waals surface area contributed by atoms with Crippen molar-refractivity contribution in [3.8, 4) is 0 Å². The summed E-state index contributed by atoms with van der Waals surface area (Å²) >= 11 is 0. The van der Waals surface area contributed by atoms with Crippen molar-refractivity contribution >= 4 is 36.3 Å². The van der Waals surface area contributed by atoms with Gasteiger partial charge in [0.1, 0.15) is 0 Å². The number of benzene rings is 1. The number of rotatable bonds is 6. The molecule has 1 atom stereocenters. The number of hydrogen-bond acceptors (Lipinski definition) is 5. The molecule has 1 aliphatic heterocycles. The zero-order chi connectivity index (χ0) is 15.2. The number of aromatic nitrogens is 2. The van der Waals surface area contributed by atoms with E-state index in [1.807, 2.05) is 19.3 Å². The Morgan fingerprint density at radius 3 is 2.71 bits per heavy atom. The van der Waals surface area contributed by atoms with Gasteiger partial charge in [0.25, 0.3) is 0 Å². The molecule has 0 aliphatic carbocycles. The first-order valence-electron chi connectivity index (χ1n) is 7.88. The molecule has 0 spiro atoms. The second-order valence-electron chi connectivity index (χ2n) is 5.68. The highest BCUT2D eigenvalue weighted by molar-refractivity contribution is 5.85. The minimum absolute atomic E-state index is 0. The van der Waals surface area contributed by atoms with Crippen molar-refractivity contribution in [1.82, 2.24) is 15.5 Å². The molecule has 0 amide bonds. The van der Waals surface area contributed by atoms with E-state index < -0.39 is 0 Å². The van der Waals surface area contributed by atoms with Gasteiger partial charge in [0.2, 0.25) is 0 Å². The van der Waals surface area contributed by atoms with Gasteiger partial charge in [-0.05, 0) is 25.5 Å². The van der Waals surface area contributed by atoms with Crippen LogP contribution in [0.15, 0.2) is 42.6 Å². The van der Waals surface area contributed by atoms with Crippen LogP contribution in [0.5, 0.6) is 0 Å². The van der Waals surface area contributed by atoms with Crippen molar-refractivity contribution in [3.63, 3.8) is 0 Å². The predicted octanol–water partition coefficient (Wildman–Crippen LogP) is 2.77. The quantitative estimate of drug-likeness (QED) is 0.819. The second kappa shape index (κ2) is 10.3. The molecule has 5 nitrogen and oxygen atoms in total. The maximum Gasteiger partial charge on any atom is 0.150 e. The molecule has 1 saturated heterocycles. The van der Waals surface area contributed by atoms with E-state index in [1.54, 1.807) is 0 Å². The first kappa shape index (κ1) is 20.5. The summed E-state index contributed by atoms with van der Waals surface area (Å²) in [5.74, 6) is 0.848. The Bertz CT molecular complexity index is 597. The highest BCUT2D eigenvalue weighted by Gasteiger charge is 2.21. The van der Waals surface area contributed by atoms with Crippen molar-refractivity contribution in [3.05, 3.63) is 48.2 Å². The normalized spacial score (nSPS) is 16.2. The van der Waals surface area contributed by atoms with Gasteiger partial charge in [-0.25, -0.2) is 0 Å². The van der Waals surface area contributed by atoms with Crippen LogP contribution < -0.4 is 15.5 Å². The molecular formula is C17H25Cl2N5. The summed E-state index contributed by atoms with van der Waals surface area (Å²) in [5, 5.41) is 15.0. The average Bonchev–Trinajstić information content (AvgIpc) is 3.05. The lowest BCUT2D eigenvalue weighted by molar-refractivity contribution is 0.617. The maximum atomic E-state index is 4.18. The fourth-order valence-electron chi connectivity index (χ4n) is 2.83. The van der Waals surface area contributed by atoms with Crippen LogP contribution in [0.3, 0.4) is 0 Å².